The van der Waals surface area contributed by atoms with E-state index >= 15 is 0 Å². The predicted octanol–water partition coefficient (Wildman–Crippen LogP) is 4.70. The number of hydrogen-bond donors (Lipinski definition) is 1. The number of carbonyl (C=O) groups is 1. The Morgan fingerprint density at radius 3 is 2.71 bits per heavy atom. The van der Waals surface area contributed by atoms with Gasteiger partial charge in [-0.3, -0.25) is 0 Å². The number of aliphatic carboxylic acids is 1. The lowest BCUT2D eigenvalue weighted by molar-refractivity contribution is -0.133. The first-order valence-electron chi connectivity index (χ1n) is 6.22. The molecule has 0 amide bonds. The van der Waals surface area contributed by atoms with E-state index in [9.17, 15) is 9.90 Å². The van der Waals surface area contributed by atoms with Gasteiger partial charge in [0, 0.05) is 10.0 Å². The molecule has 106 valence electrons. The molecule has 0 spiro atoms. The summed E-state index contributed by atoms with van der Waals surface area (Å²) in [5.74, 6) is -0.334. The van der Waals surface area contributed by atoms with Crippen molar-refractivity contribution >= 4 is 39.6 Å². The summed E-state index contributed by atoms with van der Waals surface area (Å²) >= 11 is 9.33. The summed E-state index contributed by atoms with van der Waals surface area (Å²) in [7, 11) is 0. The lowest BCUT2D eigenvalue weighted by Crippen LogP contribution is -2.20. The standard InChI is InChI=1S/C16H10BrClO3/c17-12-8-10(5-6-13(12)18)15-11(16(19)20)7-9-3-1-2-4-14(9)21-15/h1-8,15H,(H,19,20). The minimum Gasteiger partial charge on any atom is -0.480 e. The molecule has 1 heterocycles. The average molecular weight is 366 g/mol. The first kappa shape index (κ1) is 14.2. The summed E-state index contributed by atoms with van der Waals surface area (Å²) in [6.45, 7) is 0. The molecule has 0 radical (unpaired) electrons. The Morgan fingerprint density at radius 2 is 2.00 bits per heavy atom. The zero-order chi connectivity index (χ0) is 15.0. The third-order valence-electron chi connectivity index (χ3n) is 3.25. The quantitative estimate of drug-likeness (QED) is 0.839. The van der Waals surface area contributed by atoms with Gasteiger partial charge in [-0.15, -0.1) is 0 Å². The molecule has 0 saturated heterocycles. The van der Waals surface area contributed by atoms with Crippen molar-refractivity contribution < 1.29 is 14.6 Å². The van der Waals surface area contributed by atoms with Crippen LogP contribution in [0.4, 0.5) is 0 Å². The molecule has 3 rings (SSSR count). The summed E-state index contributed by atoms with van der Waals surface area (Å²) in [4.78, 5) is 11.5. The van der Waals surface area contributed by atoms with Gasteiger partial charge in [-0.25, -0.2) is 4.79 Å². The van der Waals surface area contributed by atoms with E-state index in [0.717, 1.165) is 11.1 Å². The number of fused-ring (bicyclic) bond motifs is 1. The van der Waals surface area contributed by atoms with Crippen molar-refractivity contribution in [1.82, 2.24) is 0 Å². The van der Waals surface area contributed by atoms with Crippen molar-refractivity contribution in [2.75, 3.05) is 0 Å². The van der Waals surface area contributed by atoms with Crippen LogP contribution in [0.15, 0.2) is 52.5 Å². The normalized spacial score (nSPS) is 16.7. The summed E-state index contributed by atoms with van der Waals surface area (Å²) in [5, 5.41) is 10.00. The highest BCUT2D eigenvalue weighted by Gasteiger charge is 2.29. The molecule has 3 nitrogen and oxygen atoms in total. The van der Waals surface area contributed by atoms with Crippen LogP contribution in [0, 0.1) is 0 Å². The number of hydrogen-bond acceptors (Lipinski definition) is 2. The Morgan fingerprint density at radius 1 is 1.24 bits per heavy atom. The molecule has 0 bridgehead atoms. The molecule has 0 saturated carbocycles. The molecular weight excluding hydrogens is 356 g/mol. The Labute approximate surface area is 134 Å². The third-order valence-corrected chi connectivity index (χ3v) is 4.46. The van der Waals surface area contributed by atoms with Crippen LogP contribution in [0.2, 0.25) is 5.02 Å². The lowest BCUT2D eigenvalue weighted by atomic mass is 9.96. The van der Waals surface area contributed by atoms with E-state index in [0.29, 0.717) is 15.2 Å². The number of carboxylic acids is 1. The van der Waals surface area contributed by atoms with E-state index in [1.807, 2.05) is 24.3 Å². The Kier molecular flexibility index (Phi) is 3.74. The van der Waals surface area contributed by atoms with Crippen molar-refractivity contribution in [3.63, 3.8) is 0 Å². The maximum atomic E-state index is 11.5. The van der Waals surface area contributed by atoms with Crippen molar-refractivity contribution in [1.29, 1.82) is 0 Å². The molecule has 0 fully saturated rings. The number of rotatable bonds is 2. The van der Waals surface area contributed by atoms with E-state index in [4.69, 9.17) is 16.3 Å². The number of benzene rings is 2. The smallest absolute Gasteiger partial charge is 0.335 e. The van der Waals surface area contributed by atoms with Gasteiger partial charge in [0.2, 0.25) is 0 Å². The number of ether oxygens (including phenoxy) is 1. The molecule has 1 N–H and O–H groups in total. The first-order chi connectivity index (χ1) is 10.1. The Hall–Kier alpha value is -1.78. The summed E-state index contributed by atoms with van der Waals surface area (Å²) in [6.07, 6.45) is 0.986. The highest BCUT2D eigenvalue weighted by Crippen LogP contribution is 2.38. The van der Waals surface area contributed by atoms with Gasteiger partial charge in [0.1, 0.15) is 5.75 Å². The second-order valence-electron chi connectivity index (χ2n) is 4.61. The van der Waals surface area contributed by atoms with Gasteiger partial charge in [0.15, 0.2) is 6.10 Å². The maximum Gasteiger partial charge on any atom is 0.335 e. The fraction of sp³-hybridized carbons (Fsp3) is 0.0625. The van der Waals surface area contributed by atoms with Crippen molar-refractivity contribution in [3.8, 4) is 5.75 Å². The topological polar surface area (TPSA) is 46.5 Å². The second-order valence-corrected chi connectivity index (χ2v) is 5.88. The summed E-state index contributed by atoms with van der Waals surface area (Å²) in [6, 6.07) is 12.6. The fourth-order valence-corrected chi connectivity index (χ4v) is 2.75. The molecule has 1 aliphatic heterocycles. The minimum atomic E-state index is -0.999. The zero-order valence-corrected chi connectivity index (χ0v) is 13.1. The number of halogens is 2. The molecule has 2 aromatic rings. The summed E-state index contributed by atoms with van der Waals surface area (Å²) < 4.78 is 6.58. The van der Waals surface area contributed by atoms with Crippen LogP contribution in [0.1, 0.15) is 17.2 Å². The second kappa shape index (κ2) is 5.54. The molecule has 0 aromatic heterocycles. The van der Waals surface area contributed by atoms with Crippen LogP contribution >= 0.6 is 27.5 Å². The van der Waals surface area contributed by atoms with E-state index in [1.165, 1.54) is 0 Å². The fourth-order valence-electron chi connectivity index (χ4n) is 2.24. The molecule has 21 heavy (non-hydrogen) atoms. The lowest BCUT2D eigenvalue weighted by Gasteiger charge is -2.25. The third kappa shape index (κ3) is 2.69. The molecule has 1 atom stereocenters. The van der Waals surface area contributed by atoms with Gasteiger partial charge in [-0.05, 0) is 45.8 Å². The summed E-state index contributed by atoms with van der Waals surface area (Å²) in [5.41, 5.74) is 1.69. The van der Waals surface area contributed by atoms with E-state index in [1.54, 1.807) is 24.3 Å². The monoisotopic (exact) mass is 364 g/mol. The van der Waals surface area contributed by atoms with Crippen LogP contribution < -0.4 is 4.74 Å². The molecule has 1 aliphatic rings. The molecule has 2 aromatic carbocycles. The van der Waals surface area contributed by atoms with Crippen molar-refractivity contribution in [2.24, 2.45) is 0 Å². The van der Waals surface area contributed by atoms with Crippen molar-refractivity contribution in [3.05, 3.63) is 68.7 Å². The van der Waals surface area contributed by atoms with Gasteiger partial charge in [0.05, 0.1) is 10.6 Å². The molecule has 1 unspecified atom stereocenters. The SMILES string of the molecule is O=C(O)C1=Cc2ccccc2OC1c1ccc(Cl)c(Br)c1. The van der Waals surface area contributed by atoms with Gasteiger partial charge in [-0.1, -0.05) is 35.9 Å². The first-order valence-corrected chi connectivity index (χ1v) is 7.39. The Bertz CT molecular complexity index is 755. The van der Waals surface area contributed by atoms with Gasteiger partial charge in [0.25, 0.3) is 0 Å². The van der Waals surface area contributed by atoms with Crippen LogP contribution in [0.5, 0.6) is 5.75 Å². The molecular formula is C16H10BrClO3. The molecule has 5 heteroatoms. The number of carboxylic acid groups (broad SMARTS) is 1. The Balaban J connectivity index is 2.10. The van der Waals surface area contributed by atoms with Gasteiger partial charge in [-0.2, -0.15) is 0 Å². The highest BCUT2D eigenvalue weighted by atomic mass is 79.9. The average Bonchev–Trinajstić information content (AvgIpc) is 2.48. The van der Waals surface area contributed by atoms with Crippen LogP contribution in [0.3, 0.4) is 0 Å². The highest BCUT2D eigenvalue weighted by molar-refractivity contribution is 9.10. The zero-order valence-electron chi connectivity index (χ0n) is 10.7. The molecule has 0 aliphatic carbocycles. The van der Waals surface area contributed by atoms with Crippen LogP contribution in [0.25, 0.3) is 6.08 Å². The van der Waals surface area contributed by atoms with E-state index in [2.05, 4.69) is 15.9 Å². The van der Waals surface area contributed by atoms with Gasteiger partial charge >= 0.3 is 5.97 Å². The van der Waals surface area contributed by atoms with Crippen molar-refractivity contribution in [2.45, 2.75) is 6.10 Å². The van der Waals surface area contributed by atoms with E-state index in [-0.39, 0.29) is 5.57 Å². The maximum absolute atomic E-state index is 11.5. The van der Waals surface area contributed by atoms with E-state index < -0.39 is 12.1 Å². The van der Waals surface area contributed by atoms with Crippen LogP contribution in [-0.4, -0.2) is 11.1 Å². The largest absolute Gasteiger partial charge is 0.480 e. The number of para-hydroxylation sites is 1. The van der Waals surface area contributed by atoms with Gasteiger partial charge < -0.3 is 9.84 Å². The van der Waals surface area contributed by atoms with Crippen LogP contribution in [-0.2, 0) is 4.79 Å². The minimum absolute atomic E-state index is 0.197. The predicted molar refractivity (Wildman–Crippen MR) is 84.6 cm³/mol.